The fourth-order valence-corrected chi connectivity index (χ4v) is 0.593. The Hall–Kier alpha value is -1.57. The van der Waals surface area contributed by atoms with Crippen LogP contribution >= 0.6 is 0 Å². The van der Waals surface area contributed by atoms with Gasteiger partial charge in [0.25, 0.3) is 0 Å². The zero-order valence-corrected chi connectivity index (χ0v) is 15.4. The average molecular weight is 283 g/mol. The molecule has 0 aromatic heterocycles. The summed E-state index contributed by atoms with van der Waals surface area (Å²) in [5.74, 6) is 0.778. The van der Waals surface area contributed by atoms with Gasteiger partial charge in [-0.25, -0.2) is 4.99 Å². The second-order valence-electron chi connectivity index (χ2n) is 2.06. The van der Waals surface area contributed by atoms with Crippen LogP contribution < -0.4 is 0 Å². The van der Waals surface area contributed by atoms with Crippen molar-refractivity contribution in [2.45, 2.75) is 55.4 Å². The van der Waals surface area contributed by atoms with Crippen molar-refractivity contribution in [3.8, 4) is 0 Å². The van der Waals surface area contributed by atoms with E-state index in [0.717, 1.165) is 5.84 Å². The fraction of sp³-hybridized carbons (Fsp3) is 0.500. The van der Waals surface area contributed by atoms with E-state index in [9.17, 15) is 0 Å². The van der Waals surface area contributed by atoms with E-state index in [-0.39, 0.29) is 0 Å². The summed E-state index contributed by atoms with van der Waals surface area (Å²) in [5, 5.41) is 0. The van der Waals surface area contributed by atoms with Crippen molar-refractivity contribution in [1.82, 2.24) is 4.90 Å². The Labute approximate surface area is 129 Å². The second-order valence-corrected chi connectivity index (χ2v) is 2.06. The molecule has 0 amide bonds. The normalized spacial score (nSPS) is 7.95. The predicted molar refractivity (Wildman–Crippen MR) is 100 cm³/mol. The molecule has 0 aliphatic carbocycles. The molecule has 0 spiro atoms. The van der Waals surface area contributed by atoms with Gasteiger partial charge in [0, 0.05) is 13.2 Å². The molecule has 0 rings (SSSR count). The van der Waals surface area contributed by atoms with Crippen LogP contribution in [0.5, 0.6) is 0 Å². The summed E-state index contributed by atoms with van der Waals surface area (Å²) in [5.41, 5.74) is 0. The van der Waals surface area contributed by atoms with Gasteiger partial charge in [0.1, 0.15) is 5.84 Å². The quantitative estimate of drug-likeness (QED) is 0.328. The van der Waals surface area contributed by atoms with Crippen molar-refractivity contribution in [2.24, 2.45) is 4.99 Å². The minimum absolute atomic E-state index is 0.778. The maximum Gasteiger partial charge on any atom is 0.132 e. The van der Waals surface area contributed by atoms with Crippen LogP contribution in [0.1, 0.15) is 55.4 Å². The zero-order chi connectivity index (χ0) is 17.4. The van der Waals surface area contributed by atoms with Crippen LogP contribution in [0.25, 0.3) is 0 Å². The summed E-state index contributed by atoms with van der Waals surface area (Å²) in [6, 6.07) is 0. The third-order valence-corrected chi connectivity index (χ3v) is 1.24. The molecule has 0 aliphatic rings. The van der Waals surface area contributed by atoms with Crippen LogP contribution in [-0.2, 0) is 0 Å². The molecular formula is C18H38N2. The topological polar surface area (TPSA) is 15.6 Å². The summed E-state index contributed by atoms with van der Waals surface area (Å²) in [4.78, 5) is 5.83. The molecule has 2 heteroatoms. The Morgan fingerprint density at radius 2 is 1.25 bits per heavy atom. The molecule has 0 bridgehead atoms. The third-order valence-electron chi connectivity index (χ3n) is 1.24. The van der Waals surface area contributed by atoms with Crippen LogP contribution in [0.4, 0.5) is 0 Å². The van der Waals surface area contributed by atoms with E-state index < -0.39 is 0 Å². The van der Waals surface area contributed by atoms with E-state index in [1.54, 1.807) is 17.2 Å². The van der Waals surface area contributed by atoms with Crippen LogP contribution in [0.15, 0.2) is 55.4 Å². The fourth-order valence-electron chi connectivity index (χ4n) is 0.593. The molecule has 0 saturated heterocycles. The molecule has 0 aliphatic heterocycles. The highest BCUT2D eigenvalue weighted by molar-refractivity contribution is 5.94. The summed E-state index contributed by atoms with van der Waals surface area (Å²) in [6.07, 6.45) is 8.49. The Balaban J connectivity index is -0.0000000799. The predicted octanol–water partition coefficient (Wildman–Crippen LogP) is 6.45. The SMILES string of the molecule is C=C/C=C\C(=NC=C)N(C)C=C.CC.CC.CC.CC. The molecule has 0 heterocycles. The van der Waals surface area contributed by atoms with Crippen molar-refractivity contribution >= 4 is 5.84 Å². The molecule has 0 aromatic carbocycles. The zero-order valence-electron chi connectivity index (χ0n) is 15.4. The largest absolute Gasteiger partial charge is 0.337 e. The van der Waals surface area contributed by atoms with Crippen molar-refractivity contribution in [2.75, 3.05) is 7.05 Å². The number of hydrogen-bond donors (Lipinski definition) is 0. The molecule has 0 fully saturated rings. The monoisotopic (exact) mass is 282 g/mol. The van der Waals surface area contributed by atoms with E-state index in [4.69, 9.17) is 0 Å². The number of hydrogen-bond acceptors (Lipinski definition) is 1. The number of likely N-dealkylation sites (N-methyl/N-ethyl adjacent to an activating group) is 1. The summed E-state index contributed by atoms with van der Waals surface area (Å²) in [7, 11) is 1.86. The van der Waals surface area contributed by atoms with Gasteiger partial charge in [-0.2, -0.15) is 0 Å². The van der Waals surface area contributed by atoms with Crippen molar-refractivity contribution in [3.05, 3.63) is 50.4 Å². The molecule has 0 radical (unpaired) electrons. The van der Waals surface area contributed by atoms with Gasteiger partial charge < -0.3 is 4.90 Å². The lowest BCUT2D eigenvalue weighted by atomic mass is 10.4. The van der Waals surface area contributed by atoms with Crippen LogP contribution in [0, 0.1) is 0 Å². The molecule has 0 saturated carbocycles. The van der Waals surface area contributed by atoms with E-state index in [2.05, 4.69) is 24.7 Å². The molecule has 2 nitrogen and oxygen atoms in total. The van der Waals surface area contributed by atoms with Gasteiger partial charge in [-0.1, -0.05) is 87.3 Å². The van der Waals surface area contributed by atoms with Gasteiger partial charge in [0.2, 0.25) is 0 Å². The van der Waals surface area contributed by atoms with Crippen LogP contribution in [0.3, 0.4) is 0 Å². The number of allylic oxidation sites excluding steroid dienone is 2. The minimum atomic E-state index is 0.778. The number of amidine groups is 1. The molecule has 120 valence electrons. The molecule has 0 unspecified atom stereocenters. The Kier molecular flexibility index (Phi) is 67.1. The maximum atomic E-state index is 4.03. The van der Waals surface area contributed by atoms with Gasteiger partial charge in [0.05, 0.1) is 0 Å². The van der Waals surface area contributed by atoms with E-state index in [0.29, 0.717) is 0 Å². The Morgan fingerprint density at radius 3 is 1.50 bits per heavy atom. The van der Waals surface area contributed by atoms with E-state index >= 15 is 0 Å². The summed E-state index contributed by atoms with van der Waals surface area (Å²) in [6.45, 7) is 26.7. The lowest BCUT2D eigenvalue weighted by Gasteiger charge is -2.11. The lowest BCUT2D eigenvalue weighted by Crippen LogP contribution is -2.17. The molecule has 0 aromatic rings. The number of aliphatic imine (C=N–C) groups is 1. The Morgan fingerprint density at radius 1 is 0.850 bits per heavy atom. The minimum Gasteiger partial charge on any atom is -0.337 e. The van der Waals surface area contributed by atoms with Crippen molar-refractivity contribution < 1.29 is 0 Å². The van der Waals surface area contributed by atoms with Crippen LogP contribution in [0.2, 0.25) is 0 Å². The second kappa shape index (κ2) is 43.3. The number of nitrogens with zero attached hydrogens (tertiary/aromatic N) is 2. The van der Waals surface area contributed by atoms with Gasteiger partial charge in [-0.05, 0) is 12.3 Å². The lowest BCUT2D eigenvalue weighted by molar-refractivity contribution is 0.695. The third kappa shape index (κ3) is 29.9. The smallest absolute Gasteiger partial charge is 0.132 e. The first-order valence-electron chi connectivity index (χ1n) is 7.59. The van der Waals surface area contributed by atoms with Gasteiger partial charge >= 0.3 is 0 Å². The van der Waals surface area contributed by atoms with Gasteiger partial charge in [-0.15, -0.1) is 0 Å². The maximum absolute atomic E-state index is 4.03. The van der Waals surface area contributed by atoms with E-state index in [1.807, 2.05) is 74.6 Å². The number of rotatable bonds is 4. The molecular weight excluding hydrogens is 244 g/mol. The molecule has 0 atom stereocenters. The molecule has 20 heavy (non-hydrogen) atoms. The van der Waals surface area contributed by atoms with Crippen molar-refractivity contribution in [3.63, 3.8) is 0 Å². The first-order chi connectivity index (χ1) is 9.76. The Bertz CT molecular complexity index is 226. The molecule has 0 N–H and O–H groups in total. The highest BCUT2D eigenvalue weighted by Crippen LogP contribution is 1.92. The van der Waals surface area contributed by atoms with Crippen molar-refractivity contribution in [1.29, 1.82) is 0 Å². The highest BCUT2D eigenvalue weighted by atomic mass is 15.1. The first-order valence-corrected chi connectivity index (χ1v) is 7.59. The first kappa shape index (κ1) is 31.0. The van der Waals surface area contributed by atoms with E-state index in [1.165, 1.54) is 6.20 Å². The highest BCUT2D eigenvalue weighted by Gasteiger charge is 1.94. The summed E-state index contributed by atoms with van der Waals surface area (Å²) < 4.78 is 0. The van der Waals surface area contributed by atoms with Gasteiger partial charge in [0.15, 0.2) is 0 Å². The van der Waals surface area contributed by atoms with Gasteiger partial charge in [-0.3, -0.25) is 0 Å². The average Bonchev–Trinajstić information content (AvgIpc) is 2.58. The summed E-state index contributed by atoms with van der Waals surface area (Å²) >= 11 is 0. The standard InChI is InChI=1S/C10H14N2.4C2H6/c1-5-8-9-10(11-6-2)12(4)7-3;4*1-2/h5-9H,1-3H2,4H3;4*1-2H3/b9-8-,11-10?;;;;. The van der Waals surface area contributed by atoms with Crippen LogP contribution in [-0.4, -0.2) is 17.8 Å².